The molecule has 1 unspecified atom stereocenters. The molecule has 0 aliphatic carbocycles. The second-order valence-corrected chi connectivity index (χ2v) is 5.11. The zero-order valence-corrected chi connectivity index (χ0v) is 12.6. The molecule has 0 heterocycles. The fourth-order valence-corrected chi connectivity index (χ4v) is 1.86. The molecule has 0 aliphatic heterocycles. The van der Waals surface area contributed by atoms with Gasteiger partial charge in [0.05, 0.1) is 13.2 Å². The van der Waals surface area contributed by atoms with Crippen molar-refractivity contribution in [3.8, 4) is 0 Å². The summed E-state index contributed by atoms with van der Waals surface area (Å²) in [6, 6.07) is 0. The van der Waals surface area contributed by atoms with Gasteiger partial charge in [-0.15, -0.1) is 0 Å². The topological polar surface area (TPSA) is 41.6 Å². The number of esters is 1. The second kappa shape index (κ2) is 8.46. The van der Waals surface area contributed by atoms with Crippen LogP contribution in [-0.2, 0) is 9.53 Å². The highest BCUT2D eigenvalue weighted by Crippen LogP contribution is 2.18. The molecule has 0 radical (unpaired) electrons. The van der Waals surface area contributed by atoms with Gasteiger partial charge in [-0.25, -0.2) is 0 Å². The Morgan fingerprint density at radius 2 is 1.90 bits per heavy atom. The molecule has 0 aliphatic rings. The fourth-order valence-electron chi connectivity index (χ4n) is 1.86. The Balaban J connectivity index is 4.06. The van der Waals surface area contributed by atoms with Gasteiger partial charge in [-0.05, 0) is 53.8 Å². The summed E-state index contributed by atoms with van der Waals surface area (Å²) in [5.74, 6) is -0.328. The average molecular weight is 298 g/mol. The highest BCUT2D eigenvalue weighted by molar-refractivity contribution is 5.80. The van der Waals surface area contributed by atoms with E-state index in [0.717, 1.165) is 0 Å². The molecule has 7 heteroatoms. The van der Waals surface area contributed by atoms with Gasteiger partial charge in [0.1, 0.15) is 5.54 Å². The number of halogens is 3. The van der Waals surface area contributed by atoms with Crippen LogP contribution in [0.5, 0.6) is 0 Å². The Hall–Kier alpha value is -0.820. The van der Waals surface area contributed by atoms with E-state index in [2.05, 4.69) is 5.32 Å². The van der Waals surface area contributed by atoms with E-state index in [4.69, 9.17) is 4.74 Å². The minimum Gasteiger partial charge on any atom is -0.465 e. The minimum atomic E-state index is -4.17. The Labute approximate surface area is 118 Å². The molecule has 120 valence electrons. The van der Waals surface area contributed by atoms with Crippen molar-refractivity contribution in [3.05, 3.63) is 0 Å². The van der Waals surface area contributed by atoms with Crippen LogP contribution in [0.3, 0.4) is 0 Å². The molecule has 0 saturated heterocycles. The number of likely N-dealkylation sites (N-methyl/N-ethyl adjacent to an activating group) is 1. The predicted octanol–water partition coefficient (Wildman–Crippen LogP) is 2.19. The van der Waals surface area contributed by atoms with E-state index in [9.17, 15) is 18.0 Å². The summed E-state index contributed by atoms with van der Waals surface area (Å²) in [6.07, 6.45) is -2.39. The number of rotatable bonds is 9. The van der Waals surface area contributed by atoms with Crippen LogP contribution in [0.15, 0.2) is 0 Å². The Morgan fingerprint density at radius 1 is 1.30 bits per heavy atom. The van der Waals surface area contributed by atoms with Gasteiger partial charge < -0.3 is 10.1 Å². The fraction of sp³-hybridized carbons (Fsp3) is 0.923. The van der Waals surface area contributed by atoms with Crippen LogP contribution in [0.25, 0.3) is 0 Å². The number of unbranched alkanes of at least 4 members (excludes halogenated alkanes) is 1. The number of hydrogen-bond acceptors (Lipinski definition) is 4. The molecule has 4 nitrogen and oxygen atoms in total. The van der Waals surface area contributed by atoms with Crippen LogP contribution in [0, 0.1) is 0 Å². The maximum absolute atomic E-state index is 12.1. The molecule has 0 aromatic rings. The summed E-state index contributed by atoms with van der Waals surface area (Å²) < 4.78 is 41.4. The van der Waals surface area contributed by atoms with Crippen molar-refractivity contribution in [1.82, 2.24) is 10.2 Å². The number of hydrogen-bond donors (Lipinski definition) is 1. The largest absolute Gasteiger partial charge is 0.465 e. The third-order valence-electron chi connectivity index (χ3n) is 3.19. The van der Waals surface area contributed by atoms with Gasteiger partial charge in [0.25, 0.3) is 0 Å². The van der Waals surface area contributed by atoms with E-state index < -0.39 is 18.3 Å². The number of carbonyl (C=O) groups excluding carboxylic acids is 1. The van der Waals surface area contributed by atoms with Crippen molar-refractivity contribution < 1.29 is 22.7 Å². The van der Waals surface area contributed by atoms with Crippen LogP contribution in [0.1, 0.15) is 33.1 Å². The van der Waals surface area contributed by atoms with E-state index in [1.807, 2.05) is 0 Å². The summed E-state index contributed by atoms with van der Waals surface area (Å²) in [6.45, 7) is 3.23. The first-order chi connectivity index (χ1) is 9.14. The lowest BCUT2D eigenvalue weighted by Crippen LogP contribution is -2.48. The number of nitrogens with zero attached hydrogens (tertiary/aromatic N) is 1. The van der Waals surface area contributed by atoms with Crippen molar-refractivity contribution >= 4 is 5.97 Å². The van der Waals surface area contributed by atoms with Crippen molar-refractivity contribution in [2.45, 2.75) is 44.8 Å². The summed E-state index contributed by atoms with van der Waals surface area (Å²) in [7, 11) is 3.11. The lowest BCUT2D eigenvalue weighted by Gasteiger charge is -2.27. The summed E-state index contributed by atoms with van der Waals surface area (Å²) in [4.78, 5) is 13.0. The minimum absolute atomic E-state index is 0.310. The van der Waals surface area contributed by atoms with Gasteiger partial charge in [0.15, 0.2) is 0 Å². The zero-order chi connectivity index (χ0) is 15.8. The normalized spacial score (nSPS) is 15.2. The van der Waals surface area contributed by atoms with Crippen molar-refractivity contribution in [2.24, 2.45) is 0 Å². The van der Waals surface area contributed by atoms with Gasteiger partial charge in [-0.2, -0.15) is 13.2 Å². The SMILES string of the molecule is CCOC(=O)C(C)(CCCCN(C)CC(F)(F)F)NC. The van der Waals surface area contributed by atoms with Crippen molar-refractivity contribution in [3.63, 3.8) is 0 Å². The summed E-state index contributed by atoms with van der Waals surface area (Å²) >= 11 is 0. The lowest BCUT2D eigenvalue weighted by atomic mass is 9.95. The highest BCUT2D eigenvalue weighted by atomic mass is 19.4. The smallest absolute Gasteiger partial charge is 0.401 e. The monoisotopic (exact) mass is 298 g/mol. The zero-order valence-electron chi connectivity index (χ0n) is 12.6. The average Bonchev–Trinajstić information content (AvgIpc) is 2.32. The van der Waals surface area contributed by atoms with Crippen molar-refractivity contribution in [2.75, 3.05) is 33.8 Å². The lowest BCUT2D eigenvalue weighted by molar-refractivity contribution is -0.150. The van der Waals surface area contributed by atoms with Crippen LogP contribution < -0.4 is 5.32 Å². The first-order valence-electron chi connectivity index (χ1n) is 6.76. The Morgan fingerprint density at radius 3 is 2.35 bits per heavy atom. The second-order valence-electron chi connectivity index (χ2n) is 5.11. The molecule has 0 rings (SSSR count). The maximum Gasteiger partial charge on any atom is 0.401 e. The predicted molar refractivity (Wildman–Crippen MR) is 71.5 cm³/mol. The molecule has 1 N–H and O–H groups in total. The van der Waals surface area contributed by atoms with Gasteiger partial charge >= 0.3 is 12.1 Å². The van der Waals surface area contributed by atoms with E-state index >= 15 is 0 Å². The van der Waals surface area contributed by atoms with Crippen LogP contribution in [-0.4, -0.2) is 56.4 Å². The van der Waals surface area contributed by atoms with Gasteiger partial charge in [0.2, 0.25) is 0 Å². The van der Waals surface area contributed by atoms with E-state index in [1.54, 1.807) is 20.9 Å². The Bertz CT molecular complexity index is 298. The maximum atomic E-state index is 12.1. The molecule has 0 saturated carbocycles. The van der Waals surface area contributed by atoms with Crippen LogP contribution in [0.2, 0.25) is 0 Å². The molecule has 1 atom stereocenters. The van der Waals surface area contributed by atoms with E-state index in [0.29, 0.717) is 32.4 Å². The van der Waals surface area contributed by atoms with Gasteiger partial charge in [0, 0.05) is 0 Å². The molecule has 20 heavy (non-hydrogen) atoms. The van der Waals surface area contributed by atoms with Gasteiger partial charge in [-0.1, -0.05) is 0 Å². The quantitative estimate of drug-likeness (QED) is 0.523. The number of ether oxygens (including phenoxy) is 1. The van der Waals surface area contributed by atoms with Gasteiger partial charge in [-0.3, -0.25) is 9.69 Å². The van der Waals surface area contributed by atoms with E-state index in [1.165, 1.54) is 11.9 Å². The molecule has 0 spiro atoms. The molecule has 0 amide bonds. The molecule has 0 aromatic heterocycles. The first-order valence-corrected chi connectivity index (χ1v) is 6.76. The summed E-state index contributed by atoms with van der Waals surface area (Å²) in [5, 5.41) is 2.92. The number of carbonyl (C=O) groups is 1. The molecule has 0 fully saturated rings. The Kier molecular flexibility index (Phi) is 8.12. The molecule has 0 aromatic carbocycles. The first kappa shape index (κ1) is 19.2. The molecular weight excluding hydrogens is 273 g/mol. The standard InChI is InChI=1S/C13H25F3N2O2/c1-5-20-11(19)12(2,17-3)8-6-7-9-18(4)10-13(14,15)16/h17H,5-10H2,1-4H3. The van der Waals surface area contributed by atoms with Crippen LogP contribution in [0.4, 0.5) is 13.2 Å². The number of alkyl halides is 3. The van der Waals surface area contributed by atoms with E-state index in [-0.39, 0.29) is 5.97 Å². The van der Waals surface area contributed by atoms with Crippen molar-refractivity contribution in [1.29, 1.82) is 0 Å². The molecule has 0 bridgehead atoms. The highest BCUT2D eigenvalue weighted by Gasteiger charge is 2.32. The summed E-state index contributed by atoms with van der Waals surface area (Å²) in [5.41, 5.74) is -0.779. The molecular formula is C13H25F3N2O2. The number of nitrogens with one attached hydrogen (secondary N) is 1. The third kappa shape index (κ3) is 7.69. The third-order valence-corrected chi connectivity index (χ3v) is 3.19. The van der Waals surface area contributed by atoms with Crippen LogP contribution >= 0.6 is 0 Å².